The second-order valence-electron chi connectivity index (χ2n) is 3.42. The summed E-state index contributed by atoms with van der Waals surface area (Å²) < 4.78 is 28.3. The van der Waals surface area contributed by atoms with E-state index in [-0.39, 0.29) is 6.10 Å². The molecule has 0 bridgehead atoms. The van der Waals surface area contributed by atoms with Gasteiger partial charge in [-0.2, -0.15) is 0 Å². The van der Waals surface area contributed by atoms with Crippen LogP contribution in [0.25, 0.3) is 0 Å². The highest BCUT2D eigenvalue weighted by Crippen LogP contribution is 1.98. The van der Waals surface area contributed by atoms with Gasteiger partial charge in [-0.1, -0.05) is 0 Å². The Balaban J connectivity index is -0.000000408. The third-order valence-corrected chi connectivity index (χ3v) is 1.62. The third kappa shape index (κ3) is 26.5. The van der Waals surface area contributed by atoms with Gasteiger partial charge in [-0.05, 0) is 20.8 Å². The molecule has 0 aromatic carbocycles. The van der Waals surface area contributed by atoms with Gasteiger partial charge in [0.05, 0.1) is 13.2 Å². The molecule has 8 heteroatoms. The second kappa shape index (κ2) is 23.9. The summed E-state index contributed by atoms with van der Waals surface area (Å²) in [6.07, 6.45) is -0.475. The van der Waals surface area contributed by atoms with Crippen LogP contribution >= 0.6 is 0 Å². The highest BCUT2D eigenvalue weighted by molar-refractivity contribution is 5.98. The molecule has 0 amide bonds. The number of hydrogen-bond donors (Lipinski definition) is 0. The van der Waals surface area contributed by atoms with Crippen molar-refractivity contribution in [3.63, 3.8) is 0 Å². The van der Waals surface area contributed by atoms with E-state index in [1.165, 1.54) is 7.11 Å². The smallest absolute Gasteiger partial charge is 0.286 e. The van der Waals surface area contributed by atoms with Crippen LogP contribution in [-0.2, 0) is 28.3 Å². The molecule has 0 aliphatic heterocycles. The maximum atomic E-state index is 5.39. The van der Waals surface area contributed by atoms with Crippen molar-refractivity contribution in [1.82, 2.24) is 0 Å². The van der Waals surface area contributed by atoms with Gasteiger partial charge in [-0.3, -0.25) is 0 Å². The van der Waals surface area contributed by atoms with Crippen LogP contribution in [0, 0.1) is 0 Å². The third-order valence-electron chi connectivity index (χ3n) is 1.62. The van der Waals surface area contributed by atoms with Gasteiger partial charge in [-0.15, -0.1) is 0 Å². The first kappa shape index (κ1) is 24.9. The van der Waals surface area contributed by atoms with Crippen LogP contribution in [0.4, 0.5) is 0 Å². The summed E-state index contributed by atoms with van der Waals surface area (Å²) in [6, 6.07) is 0. The van der Waals surface area contributed by atoms with E-state index in [1.54, 1.807) is 21.1 Å². The van der Waals surface area contributed by atoms with Gasteiger partial charge in [-0.25, -0.2) is 0 Å². The molecule has 2 atom stereocenters. The lowest BCUT2D eigenvalue weighted by atomic mass is 10.4. The standard InChI is InChI=1S/C9H19BO4.C2H6O.CH3BO/c1-4-11-6-9(12-5-2)7-13-8(3)14-10;2*1-3-2/h8-9H,4-7H2,1-3H3;1-2H3;1H3. The zero-order chi connectivity index (χ0) is 16.2. The number of rotatable bonds is 9. The number of methoxy groups -OCH3 is 1. The fourth-order valence-corrected chi connectivity index (χ4v) is 0.911. The zero-order valence-electron chi connectivity index (χ0n) is 13.6. The predicted octanol–water partition coefficient (Wildman–Crippen LogP) is 0.870. The first-order valence-electron chi connectivity index (χ1n) is 6.37. The molecule has 2 unspecified atom stereocenters. The van der Waals surface area contributed by atoms with Crippen LogP contribution in [0.2, 0.25) is 0 Å². The largest absolute Gasteiger partial charge is 0.450 e. The normalized spacial score (nSPS) is 12.5. The summed E-state index contributed by atoms with van der Waals surface area (Å²) in [4.78, 5) is 0. The first-order chi connectivity index (χ1) is 9.57. The Morgan fingerprint density at radius 3 is 1.75 bits per heavy atom. The van der Waals surface area contributed by atoms with Crippen molar-refractivity contribution in [1.29, 1.82) is 0 Å². The van der Waals surface area contributed by atoms with Gasteiger partial charge in [0.25, 0.3) is 16.1 Å². The molecule has 20 heavy (non-hydrogen) atoms. The monoisotopic (exact) mass is 290 g/mol. The number of ether oxygens (including phenoxy) is 4. The summed E-state index contributed by atoms with van der Waals surface area (Å²) in [5, 5.41) is 0. The fraction of sp³-hybridized carbons (Fsp3) is 1.00. The molecule has 0 aliphatic carbocycles. The Labute approximate surface area is 126 Å². The molecule has 6 nitrogen and oxygen atoms in total. The topological polar surface area (TPSA) is 55.4 Å². The maximum Gasteiger partial charge on any atom is 0.286 e. The highest BCUT2D eigenvalue weighted by atomic mass is 16.7. The molecule has 0 saturated carbocycles. The van der Waals surface area contributed by atoms with Crippen LogP contribution in [-0.4, -0.2) is 76.2 Å². The van der Waals surface area contributed by atoms with Gasteiger partial charge in [0.2, 0.25) is 0 Å². The second-order valence-corrected chi connectivity index (χ2v) is 3.42. The van der Waals surface area contributed by atoms with E-state index >= 15 is 0 Å². The van der Waals surface area contributed by atoms with E-state index < -0.39 is 6.29 Å². The molecule has 0 N–H and O–H groups in total. The summed E-state index contributed by atoms with van der Waals surface area (Å²) in [5.74, 6) is 0. The average molecular weight is 290 g/mol. The molecular weight excluding hydrogens is 262 g/mol. The minimum Gasteiger partial charge on any atom is -0.450 e. The molecule has 4 radical (unpaired) electrons. The van der Waals surface area contributed by atoms with Gasteiger partial charge < -0.3 is 28.3 Å². The lowest BCUT2D eigenvalue weighted by Crippen LogP contribution is -2.28. The van der Waals surface area contributed by atoms with E-state index in [0.29, 0.717) is 26.4 Å². The molecule has 0 spiro atoms. The Morgan fingerprint density at radius 2 is 1.40 bits per heavy atom. The van der Waals surface area contributed by atoms with Gasteiger partial charge >= 0.3 is 0 Å². The van der Waals surface area contributed by atoms with E-state index in [1.807, 2.05) is 13.8 Å². The summed E-state index contributed by atoms with van der Waals surface area (Å²) >= 11 is 0. The van der Waals surface area contributed by atoms with Crippen molar-refractivity contribution in [2.75, 3.05) is 47.8 Å². The van der Waals surface area contributed by atoms with Crippen molar-refractivity contribution in [2.24, 2.45) is 0 Å². The first-order valence-corrected chi connectivity index (χ1v) is 6.37. The van der Waals surface area contributed by atoms with Gasteiger partial charge in [0.15, 0.2) is 0 Å². The van der Waals surface area contributed by atoms with E-state index in [4.69, 9.17) is 22.3 Å². The summed E-state index contributed by atoms with van der Waals surface area (Å²) in [5.41, 5.74) is 0. The Bertz CT molecular complexity index is 152. The molecule has 0 aliphatic rings. The lowest BCUT2D eigenvalue weighted by molar-refractivity contribution is -0.118. The number of hydrogen-bond acceptors (Lipinski definition) is 6. The molecule has 0 rings (SSSR count). The van der Waals surface area contributed by atoms with Crippen molar-refractivity contribution in [3.05, 3.63) is 0 Å². The van der Waals surface area contributed by atoms with Crippen LogP contribution in [0.3, 0.4) is 0 Å². The molecule has 0 fully saturated rings. The maximum absolute atomic E-state index is 5.39. The van der Waals surface area contributed by atoms with E-state index in [2.05, 4.69) is 22.1 Å². The Morgan fingerprint density at radius 1 is 0.900 bits per heavy atom. The van der Waals surface area contributed by atoms with Crippen molar-refractivity contribution in [2.45, 2.75) is 33.2 Å². The molecule has 0 aromatic heterocycles. The highest BCUT2D eigenvalue weighted by Gasteiger charge is 2.10. The van der Waals surface area contributed by atoms with E-state index in [9.17, 15) is 0 Å². The SMILES string of the molecule is COC.[B]OC.[B]OC(C)OCC(COCC)OCC. The quantitative estimate of drug-likeness (QED) is 0.464. The Kier molecular flexibility index (Phi) is 29.8. The molecule has 118 valence electrons. The molecule has 0 saturated heterocycles. The summed E-state index contributed by atoms with van der Waals surface area (Å²) in [6.45, 7) is 7.86. The van der Waals surface area contributed by atoms with Crippen LogP contribution in [0.1, 0.15) is 20.8 Å². The predicted molar refractivity (Wildman–Crippen MR) is 79.9 cm³/mol. The lowest BCUT2D eigenvalue weighted by Gasteiger charge is -2.19. The zero-order valence-corrected chi connectivity index (χ0v) is 13.6. The van der Waals surface area contributed by atoms with Crippen molar-refractivity contribution < 1.29 is 28.3 Å². The molecule has 0 heterocycles. The average Bonchev–Trinajstić information content (AvgIpc) is 2.43. The van der Waals surface area contributed by atoms with E-state index in [0.717, 1.165) is 0 Å². The van der Waals surface area contributed by atoms with Gasteiger partial charge in [0.1, 0.15) is 12.4 Å². The molecular formula is C12H28B2O6. The van der Waals surface area contributed by atoms with Gasteiger partial charge in [0, 0.05) is 34.5 Å². The van der Waals surface area contributed by atoms with Crippen LogP contribution < -0.4 is 0 Å². The van der Waals surface area contributed by atoms with Crippen LogP contribution in [0.5, 0.6) is 0 Å². The van der Waals surface area contributed by atoms with Crippen LogP contribution in [0.15, 0.2) is 0 Å². The van der Waals surface area contributed by atoms with Crippen molar-refractivity contribution >= 4 is 16.1 Å². The Hall–Kier alpha value is -0.110. The minimum absolute atomic E-state index is 0.0578. The summed E-state index contributed by atoms with van der Waals surface area (Å²) in [7, 11) is 13.9. The van der Waals surface area contributed by atoms with Crippen molar-refractivity contribution in [3.8, 4) is 0 Å². The molecule has 0 aromatic rings. The fourth-order valence-electron chi connectivity index (χ4n) is 0.911. The minimum atomic E-state index is -0.417.